The van der Waals surface area contributed by atoms with E-state index in [9.17, 15) is 18.0 Å². The summed E-state index contributed by atoms with van der Waals surface area (Å²) in [5, 5.41) is 5.64. The van der Waals surface area contributed by atoms with Gasteiger partial charge in [-0.15, -0.1) is 0 Å². The van der Waals surface area contributed by atoms with Crippen LogP contribution in [-0.4, -0.2) is 62.9 Å². The average molecular weight is 427 g/mol. The third-order valence-corrected chi connectivity index (χ3v) is 4.59. The molecule has 164 valence electrons. The summed E-state index contributed by atoms with van der Waals surface area (Å²) in [6, 6.07) is 2.29. The van der Waals surface area contributed by atoms with Crippen LogP contribution in [0.25, 0.3) is 11.4 Å². The van der Waals surface area contributed by atoms with Crippen molar-refractivity contribution in [3.63, 3.8) is 0 Å². The van der Waals surface area contributed by atoms with Gasteiger partial charge in [0.2, 0.25) is 5.95 Å². The maximum absolute atomic E-state index is 12.8. The van der Waals surface area contributed by atoms with E-state index in [2.05, 4.69) is 15.1 Å². The van der Waals surface area contributed by atoms with Crippen LogP contribution in [0.5, 0.6) is 0 Å². The van der Waals surface area contributed by atoms with Gasteiger partial charge in [-0.1, -0.05) is 0 Å². The zero-order chi connectivity index (χ0) is 22.3. The van der Waals surface area contributed by atoms with Gasteiger partial charge in [0.1, 0.15) is 22.8 Å². The molecule has 0 saturated carbocycles. The summed E-state index contributed by atoms with van der Waals surface area (Å²) in [5.41, 5.74) is 4.39. The first-order valence-corrected chi connectivity index (χ1v) is 9.32. The molecule has 1 saturated heterocycles. The number of carbonyl (C=O) groups is 1. The third-order valence-electron chi connectivity index (χ3n) is 4.59. The molecule has 1 atom stereocenters. The average Bonchev–Trinajstić information content (AvgIpc) is 3.28. The molecule has 1 aliphatic rings. The monoisotopic (exact) mass is 427 g/mol. The van der Waals surface area contributed by atoms with Gasteiger partial charge >= 0.3 is 12.3 Å². The minimum atomic E-state index is -4.54. The highest BCUT2D eigenvalue weighted by molar-refractivity contribution is 5.68. The summed E-state index contributed by atoms with van der Waals surface area (Å²) in [6.07, 6.45) is -4.29. The number of ether oxygens (including phenoxy) is 1. The largest absolute Gasteiger partial charge is 0.444 e. The molecule has 0 radical (unpaired) electrons. The highest BCUT2D eigenvalue weighted by Gasteiger charge is 2.34. The molecule has 1 fully saturated rings. The van der Waals surface area contributed by atoms with Gasteiger partial charge in [0.15, 0.2) is 0 Å². The molecule has 0 aromatic carbocycles. The van der Waals surface area contributed by atoms with E-state index in [0.29, 0.717) is 25.3 Å². The summed E-state index contributed by atoms with van der Waals surface area (Å²) in [7, 11) is 1.67. The number of nitrogen functional groups attached to an aromatic ring is 1. The van der Waals surface area contributed by atoms with Crippen molar-refractivity contribution in [2.75, 3.05) is 30.8 Å². The number of nitrogens with zero attached hydrogens (tertiary/aromatic N) is 5. The van der Waals surface area contributed by atoms with Crippen molar-refractivity contribution in [1.82, 2.24) is 25.1 Å². The number of hydrogen-bond donors (Lipinski definition) is 2. The molecule has 9 nitrogen and oxygen atoms in total. The predicted octanol–water partition coefficient (Wildman–Crippen LogP) is 2.91. The Bertz CT molecular complexity index is 923. The molecule has 2 aromatic rings. The molecule has 12 heteroatoms. The lowest BCUT2D eigenvalue weighted by Crippen LogP contribution is -2.42. The van der Waals surface area contributed by atoms with Gasteiger partial charge in [-0.2, -0.15) is 23.3 Å². The van der Waals surface area contributed by atoms with Gasteiger partial charge in [-0.3, -0.25) is 5.10 Å². The van der Waals surface area contributed by atoms with Gasteiger partial charge in [-0.25, -0.2) is 9.78 Å². The molecule has 0 aliphatic carbocycles. The molecule has 3 heterocycles. The number of halogens is 3. The zero-order valence-electron chi connectivity index (χ0n) is 17.1. The molecule has 1 amide bonds. The number of H-pyrrole nitrogens is 1. The van der Waals surface area contributed by atoms with E-state index in [-0.39, 0.29) is 23.4 Å². The molecule has 2 aromatic heterocycles. The molecule has 30 heavy (non-hydrogen) atoms. The Morgan fingerprint density at radius 2 is 1.97 bits per heavy atom. The topological polar surface area (TPSA) is 113 Å². The number of nitrogens with two attached hydrogens (primary N) is 1. The van der Waals surface area contributed by atoms with Crippen molar-refractivity contribution < 1.29 is 22.7 Å². The zero-order valence-corrected chi connectivity index (χ0v) is 17.1. The molecular weight excluding hydrogens is 403 g/mol. The van der Waals surface area contributed by atoms with Crippen molar-refractivity contribution >= 4 is 17.9 Å². The van der Waals surface area contributed by atoms with Gasteiger partial charge in [0, 0.05) is 26.2 Å². The lowest BCUT2D eigenvalue weighted by atomic mass is 10.2. The number of hydrogen-bond acceptors (Lipinski definition) is 7. The van der Waals surface area contributed by atoms with E-state index in [0.717, 1.165) is 6.07 Å². The Morgan fingerprint density at radius 1 is 1.27 bits per heavy atom. The van der Waals surface area contributed by atoms with Crippen molar-refractivity contribution in [3.05, 3.63) is 17.8 Å². The van der Waals surface area contributed by atoms with Crippen LogP contribution < -0.4 is 10.6 Å². The van der Waals surface area contributed by atoms with Gasteiger partial charge in [0.05, 0.1) is 11.7 Å². The van der Waals surface area contributed by atoms with E-state index in [4.69, 9.17) is 10.5 Å². The number of aromatic nitrogens is 4. The number of aromatic amines is 1. The van der Waals surface area contributed by atoms with Crippen molar-refractivity contribution in [2.45, 2.75) is 45.0 Å². The van der Waals surface area contributed by atoms with Crippen LogP contribution in [0.2, 0.25) is 0 Å². The van der Waals surface area contributed by atoms with Gasteiger partial charge < -0.3 is 20.3 Å². The SMILES string of the molecule is CN(C(=O)OC(C)(C)C)[C@@H]1CCN(c2cc(-c3cc(C(F)(F)F)[nH]n3)nc(N)n2)C1. The molecular formula is C18H24F3N7O2. The van der Waals surface area contributed by atoms with E-state index >= 15 is 0 Å². The summed E-state index contributed by atoms with van der Waals surface area (Å²) in [4.78, 5) is 23.9. The van der Waals surface area contributed by atoms with Crippen molar-refractivity contribution in [2.24, 2.45) is 0 Å². The van der Waals surface area contributed by atoms with Crippen LogP contribution in [0, 0.1) is 0 Å². The first kappa shape index (κ1) is 21.7. The summed E-state index contributed by atoms with van der Waals surface area (Å²) in [6.45, 7) is 6.44. The Labute approximate surface area is 171 Å². The number of rotatable bonds is 3. The number of nitrogens with one attached hydrogen (secondary N) is 1. The Balaban J connectivity index is 1.76. The Kier molecular flexibility index (Phi) is 5.52. The van der Waals surface area contributed by atoms with Gasteiger partial charge in [0.25, 0.3) is 0 Å². The Morgan fingerprint density at radius 3 is 2.57 bits per heavy atom. The fourth-order valence-corrected chi connectivity index (χ4v) is 3.09. The maximum Gasteiger partial charge on any atom is 0.432 e. The lowest BCUT2D eigenvalue weighted by molar-refractivity contribution is -0.141. The first-order valence-electron chi connectivity index (χ1n) is 9.32. The number of likely N-dealkylation sites (N-methyl/N-ethyl adjacent to an activating group) is 1. The van der Waals surface area contributed by atoms with Crippen LogP contribution in [0.15, 0.2) is 12.1 Å². The normalized spacial score (nSPS) is 17.3. The molecule has 0 unspecified atom stereocenters. The van der Waals surface area contributed by atoms with Crippen LogP contribution in [-0.2, 0) is 10.9 Å². The third kappa shape index (κ3) is 4.92. The summed E-state index contributed by atoms with van der Waals surface area (Å²) >= 11 is 0. The fourth-order valence-electron chi connectivity index (χ4n) is 3.09. The predicted molar refractivity (Wildman–Crippen MR) is 104 cm³/mol. The molecule has 0 spiro atoms. The molecule has 0 bridgehead atoms. The lowest BCUT2D eigenvalue weighted by Gasteiger charge is -2.28. The highest BCUT2D eigenvalue weighted by Crippen LogP contribution is 2.31. The number of carbonyl (C=O) groups excluding carboxylic acids is 1. The van der Waals surface area contributed by atoms with E-state index in [1.54, 1.807) is 32.7 Å². The van der Waals surface area contributed by atoms with E-state index < -0.39 is 23.6 Å². The van der Waals surface area contributed by atoms with E-state index in [1.165, 1.54) is 6.07 Å². The molecule has 3 N–H and O–H groups in total. The fraction of sp³-hybridized carbons (Fsp3) is 0.556. The van der Waals surface area contributed by atoms with Crippen LogP contribution >= 0.6 is 0 Å². The number of anilines is 2. The highest BCUT2D eigenvalue weighted by atomic mass is 19.4. The molecule has 1 aliphatic heterocycles. The second-order valence-corrected chi connectivity index (χ2v) is 8.11. The number of alkyl halides is 3. The summed E-state index contributed by atoms with van der Waals surface area (Å²) in [5.74, 6) is 0.372. The minimum Gasteiger partial charge on any atom is -0.444 e. The summed E-state index contributed by atoms with van der Waals surface area (Å²) < 4.78 is 43.9. The van der Waals surface area contributed by atoms with Crippen LogP contribution in [0.4, 0.5) is 29.7 Å². The Hall–Kier alpha value is -3.05. The second kappa shape index (κ2) is 7.65. The quantitative estimate of drug-likeness (QED) is 0.774. The van der Waals surface area contributed by atoms with E-state index in [1.807, 2.05) is 10.00 Å². The van der Waals surface area contributed by atoms with Gasteiger partial charge in [-0.05, 0) is 33.3 Å². The maximum atomic E-state index is 12.8. The second-order valence-electron chi connectivity index (χ2n) is 8.11. The number of amides is 1. The standard InChI is InChI=1S/C18H24F3N7O2/c1-17(2,3)30-16(29)27(4)10-5-6-28(9-10)14-8-11(23-15(22)24-14)12-7-13(26-25-12)18(19,20)21/h7-8,10H,5-6,9H2,1-4H3,(H,25,26)(H2,22,23,24)/t10-/m1/s1. The van der Waals surface area contributed by atoms with Crippen LogP contribution in [0.3, 0.4) is 0 Å². The minimum absolute atomic E-state index is 0.0132. The van der Waals surface area contributed by atoms with Crippen molar-refractivity contribution in [3.8, 4) is 11.4 Å². The smallest absolute Gasteiger partial charge is 0.432 e. The molecule has 3 rings (SSSR count). The van der Waals surface area contributed by atoms with Crippen LogP contribution in [0.1, 0.15) is 32.9 Å². The van der Waals surface area contributed by atoms with Crippen molar-refractivity contribution in [1.29, 1.82) is 0 Å². The first-order chi connectivity index (χ1) is 13.8.